The van der Waals surface area contributed by atoms with Crippen LogP contribution in [0.2, 0.25) is 0 Å². The molecule has 0 unspecified atom stereocenters. The Bertz CT molecular complexity index is 283. The van der Waals surface area contributed by atoms with E-state index in [0.717, 1.165) is 0 Å². The van der Waals surface area contributed by atoms with Crippen LogP contribution in [-0.2, 0) is 23.9 Å². The lowest BCUT2D eigenvalue weighted by Crippen LogP contribution is -2.26. The van der Waals surface area contributed by atoms with E-state index in [1.165, 1.54) is 13.8 Å². The van der Waals surface area contributed by atoms with E-state index < -0.39 is 30.1 Å². The third-order valence-electron chi connectivity index (χ3n) is 2.16. The van der Waals surface area contributed by atoms with Crippen LogP contribution in [-0.4, -0.2) is 24.0 Å². The molecule has 0 bridgehead atoms. The molecule has 1 fully saturated rings. The van der Waals surface area contributed by atoms with Crippen LogP contribution in [0.5, 0.6) is 0 Å². The first kappa shape index (κ1) is 10.7. The minimum absolute atomic E-state index is 0.267. The fraction of sp³-hybridized carbons (Fsp3) is 0.667. The number of carbonyl (C=O) groups is 3. The van der Waals surface area contributed by atoms with Gasteiger partial charge in [-0.3, -0.25) is 14.4 Å². The Morgan fingerprint density at radius 3 is 2.29 bits per heavy atom. The number of hydrogen-bond acceptors (Lipinski definition) is 5. The van der Waals surface area contributed by atoms with Gasteiger partial charge >= 0.3 is 11.9 Å². The molecule has 1 aliphatic heterocycles. The topological polar surface area (TPSA) is 69.7 Å². The van der Waals surface area contributed by atoms with Gasteiger partial charge in [0.05, 0.1) is 5.92 Å². The molecule has 0 N–H and O–H groups in total. The molecule has 0 spiro atoms. The summed E-state index contributed by atoms with van der Waals surface area (Å²) in [6.45, 7) is 4.19. The first-order chi connectivity index (χ1) is 6.43. The maximum atomic E-state index is 11.2. The van der Waals surface area contributed by atoms with E-state index in [-0.39, 0.29) is 5.78 Å². The highest BCUT2D eigenvalue weighted by atomic mass is 16.7. The second-order valence-electron chi connectivity index (χ2n) is 3.36. The van der Waals surface area contributed by atoms with Gasteiger partial charge in [0.25, 0.3) is 6.29 Å². The summed E-state index contributed by atoms with van der Waals surface area (Å²) in [5, 5.41) is 0. The summed E-state index contributed by atoms with van der Waals surface area (Å²) in [6, 6.07) is 0. The summed E-state index contributed by atoms with van der Waals surface area (Å²) in [5.74, 6) is -2.63. The van der Waals surface area contributed by atoms with Gasteiger partial charge in [0, 0.05) is 6.92 Å². The lowest BCUT2D eigenvalue weighted by molar-refractivity contribution is -0.179. The van der Waals surface area contributed by atoms with Crippen molar-refractivity contribution in [1.82, 2.24) is 0 Å². The van der Waals surface area contributed by atoms with Crippen LogP contribution < -0.4 is 0 Å². The molecular weight excluding hydrogens is 188 g/mol. The molecule has 5 nitrogen and oxygen atoms in total. The Morgan fingerprint density at radius 1 is 1.36 bits per heavy atom. The fourth-order valence-electron chi connectivity index (χ4n) is 1.50. The molecule has 3 atom stereocenters. The van der Waals surface area contributed by atoms with Crippen molar-refractivity contribution in [3.05, 3.63) is 0 Å². The zero-order valence-corrected chi connectivity index (χ0v) is 8.27. The number of ether oxygens (including phenoxy) is 2. The molecule has 1 aliphatic rings. The van der Waals surface area contributed by atoms with Gasteiger partial charge in [-0.1, -0.05) is 6.92 Å². The molecule has 78 valence electrons. The number of cyclic esters (lactones) is 1. The van der Waals surface area contributed by atoms with Crippen LogP contribution >= 0.6 is 0 Å². The molecule has 0 aromatic rings. The predicted molar refractivity (Wildman–Crippen MR) is 45.0 cm³/mol. The average Bonchev–Trinajstić information content (AvgIpc) is 2.25. The molecular formula is C9H12O5. The van der Waals surface area contributed by atoms with Crippen LogP contribution in [0.25, 0.3) is 0 Å². The minimum Gasteiger partial charge on any atom is -0.425 e. The SMILES string of the molecule is CC(=O)O[C@@H]1OC(=O)[C@@H](C(C)=O)[C@@H]1C. The Kier molecular flexibility index (Phi) is 2.88. The van der Waals surface area contributed by atoms with Gasteiger partial charge < -0.3 is 9.47 Å². The van der Waals surface area contributed by atoms with E-state index in [1.54, 1.807) is 6.92 Å². The predicted octanol–water partition coefficient (Wildman–Crippen LogP) is 0.274. The minimum atomic E-state index is -0.922. The van der Waals surface area contributed by atoms with E-state index in [4.69, 9.17) is 9.47 Å². The molecule has 0 radical (unpaired) electrons. The summed E-state index contributed by atoms with van der Waals surface area (Å²) in [5.41, 5.74) is 0. The third kappa shape index (κ3) is 1.92. The molecule has 1 saturated heterocycles. The van der Waals surface area contributed by atoms with Gasteiger partial charge in [-0.15, -0.1) is 0 Å². The zero-order valence-electron chi connectivity index (χ0n) is 8.27. The maximum Gasteiger partial charge on any atom is 0.320 e. The first-order valence-corrected chi connectivity index (χ1v) is 4.31. The molecule has 0 aromatic carbocycles. The van der Waals surface area contributed by atoms with Gasteiger partial charge in [0.1, 0.15) is 11.7 Å². The van der Waals surface area contributed by atoms with Gasteiger partial charge in [-0.25, -0.2) is 0 Å². The van der Waals surface area contributed by atoms with Crippen molar-refractivity contribution in [3.8, 4) is 0 Å². The van der Waals surface area contributed by atoms with E-state index in [0.29, 0.717) is 0 Å². The highest BCUT2D eigenvalue weighted by Gasteiger charge is 2.46. The second kappa shape index (κ2) is 3.77. The molecule has 0 aliphatic carbocycles. The molecule has 1 heterocycles. The third-order valence-corrected chi connectivity index (χ3v) is 2.16. The Labute approximate surface area is 81.4 Å². The Morgan fingerprint density at radius 2 is 1.93 bits per heavy atom. The van der Waals surface area contributed by atoms with E-state index >= 15 is 0 Å². The molecule has 14 heavy (non-hydrogen) atoms. The summed E-state index contributed by atoms with van der Waals surface area (Å²) < 4.78 is 9.50. The number of esters is 2. The monoisotopic (exact) mass is 200 g/mol. The largest absolute Gasteiger partial charge is 0.425 e. The number of Topliss-reactive ketones (excluding diaryl/α,β-unsaturated/α-hetero) is 1. The lowest BCUT2D eigenvalue weighted by Gasteiger charge is -2.14. The molecule has 0 saturated carbocycles. The van der Waals surface area contributed by atoms with Crippen molar-refractivity contribution in [2.24, 2.45) is 11.8 Å². The standard InChI is InChI=1S/C9H12O5/c1-4-7(5(2)10)8(12)14-9(4)13-6(3)11/h4,7,9H,1-3H3/t4-,7+,9+/m0/s1. The molecule has 5 heteroatoms. The fourth-order valence-corrected chi connectivity index (χ4v) is 1.50. The van der Waals surface area contributed by atoms with Gasteiger partial charge in [0.2, 0.25) is 0 Å². The van der Waals surface area contributed by atoms with Crippen molar-refractivity contribution < 1.29 is 23.9 Å². The van der Waals surface area contributed by atoms with E-state index in [9.17, 15) is 14.4 Å². The molecule has 0 aromatic heterocycles. The first-order valence-electron chi connectivity index (χ1n) is 4.31. The zero-order chi connectivity index (χ0) is 10.9. The van der Waals surface area contributed by atoms with Crippen LogP contribution in [0.3, 0.4) is 0 Å². The summed E-state index contributed by atoms with van der Waals surface area (Å²) >= 11 is 0. The van der Waals surface area contributed by atoms with E-state index in [2.05, 4.69) is 0 Å². The maximum absolute atomic E-state index is 11.2. The normalized spacial score (nSPS) is 31.1. The van der Waals surface area contributed by atoms with Crippen molar-refractivity contribution >= 4 is 17.7 Å². The second-order valence-corrected chi connectivity index (χ2v) is 3.36. The van der Waals surface area contributed by atoms with Gasteiger partial charge in [-0.05, 0) is 6.92 Å². The number of ketones is 1. The molecule has 1 rings (SSSR count). The summed E-state index contributed by atoms with van der Waals surface area (Å²) in [7, 11) is 0. The lowest BCUT2D eigenvalue weighted by atomic mass is 9.93. The number of rotatable bonds is 2. The van der Waals surface area contributed by atoms with Gasteiger partial charge in [-0.2, -0.15) is 0 Å². The summed E-state index contributed by atoms with van der Waals surface area (Å²) in [6.07, 6.45) is -0.922. The van der Waals surface area contributed by atoms with Crippen LogP contribution in [0, 0.1) is 11.8 Å². The highest BCUT2D eigenvalue weighted by Crippen LogP contribution is 2.29. The Balaban J connectivity index is 2.73. The van der Waals surface area contributed by atoms with Crippen molar-refractivity contribution in [2.45, 2.75) is 27.1 Å². The quantitative estimate of drug-likeness (QED) is 0.472. The van der Waals surface area contributed by atoms with Crippen molar-refractivity contribution in [3.63, 3.8) is 0 Å². The summed E-state index contributed by atoms with van der Waals surface area (Å²) in [4.78, 5) is 32.9. The highest BCUT2D eigenvalue weighted by molar-refractivity contribution is 5.99. The Hall–Kier alpha value is -1.39. The number of carbonyl (C=O) groups excluding carboxylic acids is 3. The van der Waals surface area contributed by atoms with Crippen molar-refractivity contribution in [1.29, 1.82) is 0 Å². The smallest absolute Gasteiger partial charge is 0.320 e. The molecule has 0 amide bonds. The van der Waals surface area contributed by atoms with Crippen molar-refractivity contribution in [2.75, 3.05) is 0 Å². The van der Waals surface area contributed by atoms with Gasteiger partial charge in [0.15, 0.2) is 0 Å². The van der Waals surface area contributed by atoms with E-state index in [1.807, 2.05) is 0 Å². The van der Waals surface area contributed by atoms with Crippen LogP contribution in [0.1, 0.15) is 20.8 Å². The van der Waals surface area contributed by atoms with Crippen LogP contribution in [0.4, 0.5) is 0 Å². The van der Waals surface area contributed by atoms with Crippen LogP contribution in [0.15, 0.2) is 0 Å². The number of hydrogen-bond donors (Lipinski definition) is 0. The average molecular weight is 200 g/mol.